The van der Waals surface area contributed by atoms with Gasteiger partial charge < -0.3 is 10.1 Å². The molecule has 0 amide bonds. The summed E-state index contributed by atoms with van der Waals surface area (Å²) in [5.74, 6) is 1.50. The van der Waals surface area contributed by atoms with Crippen molar-refractivity contribution in [3.8, 4) is 5.75 Å². The molecule has 0 saturated heterocycles. The highest BCUT2D eigenvalue weighted by atomic mass is 35.5. The van der Waals surface area contributed by atoms with Crippen LogP contribution in [0.5, 0.6) is 5.75 Å². The number of hydrogen-bond acceptors (Lipinski definition) is 2. The van der Waals surface area contributed by atoms with Gasteiger partial charge in [0.25, 0.3) is 0 Å². The summed E-state index contributed by atoms with van der Waals surface area (Å²) in [5.41, 5.74) is 1.25. The first-order valence-corrected chi connectivity index (χ1v) is 7.12. The standard InChI is InChI=1S/C15H24ClNO/c1-4-13(5-2)15(16)11-17-10-12-6-8-14(18-3)9-7-12/h6-9,13,15,17H,4-5,10-11H2,1-3H3. The lowest BCUT2D eigenvalue weighted by atomic mass is 9.99. The molecule has 0 aromatic heterocycles. The topological polar surface area (TPSA) is 21.3 Å². The fraction of sp³-hybridized carbons (Fsp3) is 0.600. The van der Waals surface area contributed by atoms with E-state index in [-0.39, 0.29) is 5.38 Å². The highest BCUT2D eigenvalue weighted by Gasteiger charge is 2.14. The van der Waals surface area contributed by atoms with Crippen LogP contribution in [0.2, 0.25) is 0 Å². The second-order valence-corrected chi connectivity index (χ2v) is 5.13. The normalized spacial score (nSPS) is 12.7. The van der Waals surface area contributed by atoms with Crippen LogP contribution in [0, 0.1) is 5.92 Å². The number of nitrogens with one attached hydrogen (secondary N) is 1. The van der Waals surface area contributed by atoms with Crippen molar-refractivity contribution in [2.24, 2.45) is 5.92 Å². The molecule has 1 aromatic rings. The maximum absolute atomic E-state index is 6.38. The molecule has 1 rings (SSSR count). The van der Waals surface area contributed by atoms with Crippen LogP contribution in [-0.4, -0.2) is 19.0 Å². The maximum Gasteiger partial charge on any atom is 0.118 e. The Labute approximate surface area is 116 Å². The Morgan fingerprint density at radius 1 is 1.17 bits per heavy atom. The van der Waals surface area contributed by atoms with Crippen LogP contribution < -0.4 is 10.1 Å². The summed E-state index contributed by atoms with van der Waals surface area (Å²) in [5, 5.41) is 3.64. The molecule has 0 radical (unpaired) electrons. The van der Waals surface area contributed by atoms with E-state index in [1.807, 2.05) is 12.1 Å². The van der Waals surface area contributed by atoms with Gasteiger partial charge in [-0.3, -0.25) is 0 Å². The molecule has 0 aliphatic heterocycles. The second kappa shape index (κ2) is 8.39. The zero-order valence-corrected chi connectivity index (χ0v) is 12.3. The average Bonchev–Trinajstić information content (AvgIpc) is 2.41. The molecular formula is C15H24ClNO. The molecule has 3 heteroatoms. The van der Waals surface area contributed by atoms with Crippen LogP contribution in [-0.2, 0) is 6.54 Å². The lowest BCUT2D eigenvalue weighted by molar-refractivity contribution is 0.414. The summed E-state index contributed by atoms with van der Waals surface area (Å²) in [6, 6.07) is 8.12. The van der Waals surface area contributed by atoms with Gasteiger partial charge in [0.1, 0.15) is 5.75 Å². The molecule has 0 aliphatic rings. The lowest BCUT2D eigenvalue weighted by Crippen LogP contribution is -2.28. The summed E-state index contributed by atoms with van der Waals surface area (Å²) in [6.07, 6.45) is 2.30. The van der Waals surface area contributed by atoms with Crippen LogP contribution in [0.3, 0.4) is 0 Å². The van der Waals surface area contributed by atoms with Gasteiger partial charge in [0.15, 0.2) is 0 Å². The van der Waals surface area contributed by atoms with Gasteiger partial charge in [0.2, 0.25) is 0 Å². The maximum atomic E-state index is 6.38. The molecular weight excluding hydrogens is 246 g/mol. The van der Waals surface area contributed by atoms with E-state index >= 15 is 0 Å². The fourth-order valence-electron chi connectivity index (χ4n) is 2.06. The van der Waals surface area contributed by atoms with Crippen molar-refractivity contribution in [3.63, 3.8) is 0 Å². The van der Waals surface area contributed by atoms with Gasteiger partial charge >= 0.3 is 0 Å². The first kappa shape index (κ1) is 15.3. The van der Waals surface area contributed by atoms with Crippen molar-refractivity contribution in [2.75, 3.05) is 13.7 Å². The first-order chi connectivity index (χ1) is 8.71. The monoisotopic (exact) mass is 269 g/mol. The minimum Gasteiger partial charge on any atom is -0.497 e. The van der Waals surface area contributed by atoms with E-state index < -0.39 is 0 Å². The Morgan fingerprint density at radius 2 is 1.78 bits per heavy atom. The van der Waals surface area contributed by atoms with Crippen LogP contribution in [0.1, 0.15) is 32.3 Å². The van der Waals surface area contributed by atoms with Gasteiger partial charge in [-0.1, -0.05) is 38.8 Å². The van der Waals surface area contributed by atoms with E-state index in [9.17, 15) is 0 Å². The van der Waals surface area contributed by atoms with Crippen LogP contribution in [0.4, 0.5) is 0 Å². The fourth-order valence-corrected chi connectivity index (χ4v) is 2.53. The summed E-state index contributed by atoms with van der Waals surface area (Å²) >= 11 is 6.38. The Balaban J connectivity index is 2.32. The molecule has 18 heavy (non-hydrogen) atoms. The highest BCUT2D eigenvalue weighted by molar-refractivity contribution is 6.21. The molecule has 0 heterocycles. The summed E-state index contributed by atoms with van der Waals surface area (Å²) < 4.78 is 5.13. The Bertz CT molecular complexity index is 322. The van der Waals surface area contributed by atoms with Crippen LogP contribution in [0.15, 0.2) is 24.3 Å². The molecule has 102 valence electrons. The van der Waals surface area contributed by atoms with Crippen molar-refractivity contribution in [2.45, 2.75) is 38.6 Å². The molecule has 1 atom stereocenters. The average molecular weight is 270 g/mol. The van der Waals surface area contributed by atoms with Crippen LogP contribution >= 0.6 is 11.6 Å². The molecule has 0 fully saturated rings. The van der Waals surface area contributed by atoms with E-state index in [1.165, 1.54) is 5.56 Å². The SMILES string of the molecule is CCC(CC)C(Cl)CNCc1ccc(OC)cc1. The summed E-state index contributed by atoms with van der Waals surface area (Å²) in [7, 11) is 1.68. The number of halogens is 1. The van der Waals surface area contributed by atoms with E-state index in [0.29, 0.717) is 5.92 Å². The third-order valence-electron chi connectivity index (χ3n) is 3.39. The highest BCUT2D eigenvalue weighted by Crippen LogP contribution is 2.18. The summed E-state index contributed by atoms with van der Waals surface area (Å²) in [4.78, 5) is 0. The van der Waals surface area contributed by atoms with Gasteiger partial charge in [-0.2, -0.15) is 0 Å². The molecule has 0 aliphatic carbocycles. The minimum absolute atomic E-state index is 0.221. The first-order valence-electron chi connectivity index (χ1n) is 6.68. The molecule has 2 nitrogen and oxygen atoms in total. The quantitative estimate of drug-likeness (QED) is 0.725. The van der Waals surface area contributed by atoms with E-state index in [1.54, 1.807) is 7.11 Å². The lowest BCUT2D eigenvalue weighted by Gasteiger charge is -2.19. The predicted octanol–water partition coefficient (Wildman–Crippen LogP) is 3.83. The number of benzene rings is 1. The van der Waals surface area contributed by atoms with E-state index in [2.05, 4.69) is 31.3 Å². The smallest absolute Gasteiger partial charge is 0.118 e. The molecule has 0 saturated carbocycles. The van der Waals surface area contributed by atoms with Gasteiger partial charge in [-0.05, 0) is 23.6 Å². The minimum atomic E-state index is 0.221. The van der Waals surface area contributed by atoms with Crippen LogP contribution in [0.25, 0.3) is 0 Å². The zero-order valence-electron chi connectivity index (χ0n) is 11.6. The van der Waals surface area contributed by atoms with E-state index in [0.717, 1.165) is 31.7 Å². The predicted molar refractivity (Wildman–Crippen MR) is 78.4 cm³/mol. The zero-order chi connectivity index (χ0) is 13.4. The van der Waals surface area contributed by atoms with Gasteiger partial charge in [0.05, 0.1) is 7.11 Å². The molecule has 0 spiro atoms. The Morgan fingerprint density at radius 3 is 2.28 bits per heavy atom. The van der Waals surface area contributed by atoms with Gasteiger partial charge in [-0.15, -0.1) is 11.6 Å². The number of ether oxygens (including phenoxy) is 1. The van der Waals surface area contributed by atoms with Crippen molar-refractivity contribution in [3.05, 3.63) is 29.8 Å². The second-order valence-electron chi connectivity index (χ2n) is 4.57. The molecule has 0 bridgehead atoms. The molecule has 1 aromatic carbocycles. The third kappa shape index (κ3) is 4.87. The number of alkyl halides is 1. The van der Waals surface area contributed by atoms with Crippen molar-refractivity contribution in [1.29, 1.82) is 0 Å². The van der Waals surface area contributed by atoms with Gasteiger partial charge in [-0.25, -0.2) is 0 Å². The van der Waals surface area contributed by atoms with E-state index in [4.69, 9.17) is 16.3 Å². The Hall–Kier alpha value is -0.730. The van der Waals surface area contributed by atoms with Crippen molar-refractivity contribution < 1.29 is 4.74 Å². The van der Waals surface area contributed by atoms with Gasteiger partial charge in [0, 0.05) is 18.5 Å². The number of rotatable bonds is 8. The Kier molecular flexibility index (Phi) is 7.14. The molecule has 1 N–H and O–H groups in total. The van der Waals surface area contributed by atoms with Crippen molar-refractivity contribution >= 4 is 11.6 Å². The summed E-state index contributed by atoms with van der Waals surface area (Å²) in [6.45, 7) is 6.12. The molecule has 1 unspecified atom stereocenters. The number of hydrogen-bond donors (Lipinski definition) is 1. The largest absolute Gasteiger partial charge is 0.497 e. The third-order valence-corrected chi connectivity index (χ3v) is 3.90. The number of methoxy groups -OCH3 is 1. The van der Waals surface area contributed by atoms with Crippen molar-refractivity contribution in [1.82, 2.24) is 5.32 Å².